The van der Waals surface area contributed by atoms with Gasteiger partial charge in [0.25, 0.3) is 5.56 Å². The van der Waals surface area contributed by atoms with Crippen LogP contribution < -0.4 is 21.4 Å². The Morgan fingerprint density at radius 3 is 2.31 bits per heavy atom. The maximum absolute atomic E-state index is 12.6. The van der Waals surface area contributed by atoms with Crippen molar-refractivity contribution in [2.45, 2.75) is 13.2 Å². The van der Waals surface area contributed by atoms with E-state index in [2.05, 4.69) is 20.5 Å². The lowest BCUT2D eigenvalue weighted by Gasteiger charge is -2.08. The van der Waals surface area contributed by atoms with E-state index in [1.165, 1.54) is 4.57 Å². The van der Waals surface area contributed by atoms with Crippen molar-refractivity contribution in [1.82, 2.24) is 19.1 Å². The van der Waals surface area contributed by atoms with E-state index in [1.54, 1.807) is 17.8 Å². The number of aryl methyl sites for hydroxylation is 1. The second-order valence-corrected chi connectivity index (χ2v) is 8.21. The van der Waals surface area contributed by atoms with Gasteiger partial charge in [-0.2, -0.15) is 10.1 Å². The maximum Gasteiger partial charge on any atom is 0.329 e. The molecule has 5 aromatic rings. The number of aromatic nitrogens is 4. The molecule has 0 spiro atoms. The van der Waals surface area contributed by atoms with Gasteiger partial charge in [0.1, 0.15) is 12.4 Å². The molecular weight excluding hydrogens is 456 g/mol. The van der Waals surface area contributed by atoms with Gasteiger partial charge < -0.3 is 4.74 Å². The van der Waals surface area contributed by atoms with Crippen LogP contribution in [-0.4, -0.2) is 25.3 Å². The molecule has 0 saturated heterocycles. The van der Waals surface area contributed by atoms with E-state index in [9.17, 15) is 9.59 Å². The number of aromatic amines is 1. The lowest BCUT2D eigenvalue weighted by molar-refractivity contribution is 0.306. The van der Waals surface area contributed by atoms with Gasteiger partial charge in [-0.05, 0) is 41.0 Å². The SMILES string of the molecule is Cn1c(=O)[nH]c(=O)c2c1nc(NN=Cc1ccc(OCc3ccccc3)cc1)n2Cc1ccccc1. The molecule has 2 aromatic heterocycles. The fourth-order valence-corrected chi connectivity index (χ4v) is 3.80. The molecule has 0 amide bonds. The molecule has 0 aliphatic carbocycles. The summed E-state index contributed by atoms with van der Waals surface area (Å²) in [5.41, 5.74) is 5.39. The molecule has 180 valence electrons. The van der Waals surface area contributed by atoms with E-state index < -0.39 is 11.2 Å². The molecule has 3 aromatic carbocycles. The molecule has 0 radical (unpaired) electrons. The molecule has 0 unspecified atom stereocenters. The Kier molecular flexibility index (Phi) is 6.44. The summed E-state index contributed by atoms with van der Waals surface area (Å²) in [6.45, 7) is 0.874. The van der Waals surface area contributed by atoms with Crippen molar-refractivity contribution in [3.8, 4) is 5.75 Å². The number of hydrogen-bond acceptors (Lipinski definition) is 6. The van der Waals surface area contributed by atoms with Crippen LogP contribution in [-0.2, 0) is 20.2 Å². The quantitative estimate of drug-likeness (QED) is 0.261. The third-order valence-electron chi connectivity index (χ3n) is 5.70. The number of imidazole rings is 1. The van der Waals surface area contributed by atoms with E-state index in [1.807, 2.05) is 84.9 Å². The van der Waals surface area contributed by atoms with Crippen LogP contribution in [0.4, 0.5) is 5.95 Å². The normalized spacial score (nSPS) is 11.2. The number of hydrogen-bond donors (Lipinski definition) is 2. The summed E-state index contributed by atoms with van der Waals surface area (Å²) in [7, 11) is 1.56. The highest BCUT2D eigenvalue weighted by molar-refractivity contribution is 5.80. The number of ether oxygens (including phenoxy) is 1. The lowest BCUT2D eigenvalue weighted by atomic mass is 10.2. The maximum atomic E-state index is 12.6. The first-order valence-electron chi connectivity index (χ1n) is 11.4. The first-order chi connectivity index (χ1) is 17.6. The van der Waals surface area contributed by atoms with E-state index in [0.29, 0.717) is 24.6 Å². The van der Waals surface area contributed by atoms with Gasteiger partial charge in [-0.15, -0.1) is 0 Å². The summed E-state index contributed by atoms with van der Waals surface area (Å²) in [5.74, 6) is 1.10. The zero-order valence-corrected chi connectivity index (χ0v) is 19.6. The Bertz CT molecular complexity index is 1620. The fraction of sp³-hybridized carbons (Fsp3) is 0.111. The molecule has 36 heavy (non-hydrogen) atoms. The number of nitrogens with one attached hydrogen (secondary N) is 2. The minimum Gasteiger partial charge on any atom is -0.489 e. The second kappa shape index (κ2) is 10.1. The Labute approximate surface area is 206 Å². The molecule has 5 rings (SSSR count). The smallest absolute Gasteiger partial charge is 0.329 e. The number of fused-ring (bicyclic) bond motifs is 1. The van der Waals surface area contributed by atoms with E-state index in [-0.39, 0.29) is 5.65 Å². The molecule has 2 heterocycles. The molecule has 0 aliphatic heterocycles. The van der Waals surface area contributed by atoms with Crippen LogP contribution in [0.2, 0.25) is 0 Å². The largest absolute Gasteiger partial charge is 0.489 e. The van der Waals surface area contributed by atoms with Crippen molar-refractivity contribution in [2.75, 3.05) is 5.43 Å². The molecule has 2 N–H and O–H groups in total. The molecule has 0 aliphatic rings. The highest BCUT2D eigenvalue weighted by Crippen LogP contribution is 2.18. The predicted octanol–water partition coefficient (Wildman–Crippen LogP) is 3.50. The first kappa shape index (κ1) is 22.9. The molecule has 0 fully saturated rings. The summed E-state index contributed by atoms with van der Waals surface area (Å²) < 4.78 is 8.84. The predicted molar refractivity (Wildman–Crippen MR) is 140 cm³/mol. The van der Waals surface area contributed by atoms with Crippen LogP contribution in [0, 0.1) is 0 Å². The van der Waals surface area contributed by atoms with Crippen molar-refractivity contribution >= 4 is 23.3 Å². The standard InChI is InChI=1S/C27H24N6O3/c1-32-24-23(25(34)30-27(32)35)33(17-20-8-4-2-5-9-20)26(29-24)31-28-16-19-12-14-22(15-13-19)36-18-21-10-6-3-7-11-21/h2-16H,17-18H2,1H3,(H,29,31)(H,30,34,35). The van der Waals surface area contributed by atoms with Gasteiger partial charge in [0.2, 0.25) is 5.95 Å². The minimum atomic E-state index is -0.526. The Balaban J connectivity index is 1.36. The van der Waals surface area contributed by atoms with Gasteiger partial charge >= 0.3 is 5.69 Å². The number of benzene rings is 3. The van der Waals surface area contributed by atoms with Crippen molar-refractivity contribution in [3.05, 3.63) is 122 Å². The van der Waals surface area contributed by atoms with Crippen molar-refractivity contribution in [2.24, 2.45) is 12.1 Å². The molecule has 9 heteroatoms. The van der Waals surface area contributed by atoms with Gasteiger partial charge in [0.15, 0.2) is 11.2 Å². The highest BCUT2D eigenvalue weighted by atomic mass is 16.5. The number of H-pyrrole nitrogens is 1. The van der Waals surface area contributed by atoms with E-state index >= 15 is 0 Å². The van der Waals surface area contributed by atoms with Gasteiger partial charge in [0, 0.05) is 7.05 Å². The van der Waals surface area contributed by atoms with Crippen LogP contribution >= 0.6 is 0 Å². The van der Waals surface area contributed by atoms with Gasteiger partial charge in [0.05, 0.1) is 12.8 Å². The van der Waals surface area contributed by atoms with Crippen molar-refractivity contribution < 1.29 is 4.74 Å². The second-order valence-electron chi connectivity index (χ2n) is 8.21. The Hall–Kier alpha value is -4.92. The van der Waals surface area contributed by atoms with E-state index in [4.69, 9.17) is 4.74 Å². The van der Waals surface area contributed by atoms with Crippen LogP contribution in [0.1, 0.15) is 16.7 Å². The number of anilines is 1. The average Bonchev–Trinajstić information content (AvgIpc) is 3.26. The average molecular weight is 481 g/mol. The monoisotopic (exact) mass is 480 g/mol. The molecule has 0 saturated carbocycles. The fourth-order valence-electron chi connectivity index (χ4n) is 3.80. The van der Waals surface area contributed by atoms with Gasteiger partial charge in [-0.3, -0.25) is 18.9 Å². The molecule has 0 atom stereocenters. The highest BCUT2D eigenvalue weighted by Gasteiger charge is 2.17. The van der Waals surface area contributed by atoms with Gasteiger partial charge in [-0.1, -0.05) is 60.7 Å². The number of rotatable bonds is 8. The Morgan fingerprint density at radius 1 is 0.944 bits per heavy atom. The molecular formula is C27H24N6O3. The summed E-state index contributed by atoms with van der Waals surface area (Å²) >= 11 is 0. The van der Waals surface area contributed by atoms with Crippen molar-refractivity contribution in [3.63, 3.8) is 0 Å². The zero-order chi connectivity index (χ0) is 24.9. The number of hydrazone groups is 1. The molecule has 0 bridgehead atoms. The minimum absolute atomic E-state index is 0.275. The first-order valence-corrected chi connectivity index (χ1v) is 11.4. The molecule has 9 nitrogen and oxygen atoms in total. The van der Waals surface area contributed by atoms with E-state index in [0.717, 1.165) is 22.4 Å². The summed E-state index contributed by atoms with van der Waals surface area (Å²) in [5, 5.41) is 4.32. The lowest BCUT2D eigenvalue weighted by Crippen LogP contribution is -2.29. The van der Waals surface area contributed by atoms with Crippen LogP contribution in [0.5, 0.6) is 5.75 Å². The topological polar surface area (TPSA) is 106 Å². The van der Waals surface area contributed by atoms with Crippen LogP contribution in [0.25, 0.3) is 11.2 Å². The summed E-state index contributed by atoms with van der Waals surface area (Å²) in [4.78, 5) is 31.6. The third-order valence-corrected chi connectivity index (χ3v) is 5.70. The summed E-state index contributed by atoms with van der Waals surface area (Å²) in [6.07, 6.45) is 1.65. The van der Waals surface area contributed by atoms with Crippen LogP contribution in [0.3, 0.4) is 0 Å². The number of nitrogens with zero attached hydrogens (tertiary/aromatic N) is 4. The Morgan fingerprint density at radius 2 is 1.61 bits per heavy atom. The summed E-state index contributed by atoms with van der Waals surface area (Å²) in [6, 6.07) is 27.2. The zero-order valence-electron chi connectivity index (χ0n) is 19.6. The van der Waals surface area contributed by atoms with Crippen LogP contribution in [0.15, 0.2) is 99.6 Å². The third kappa shape index (κ3) is 4.95. The van der Waals surface area contributed by atoms with Crippen molar-refractivity contribution in [1.29, 1.82) is 0 Å². The van der Waals surface area contributed by atoms with Gasteiger partial charge in [-0.25, -0.2) is 10.2 Å².